The van der Waals surface area contributed by atoms with Gasteiger partial charge in [0.2, 0.25) is 0 Å². The predicted octanol–water partition coefficient (Wildman–Crippen LogP) is 2.10. The number of benzene rings is 1. The Hall–Kier alpha value is -0.610. The van der Waals surface area contributed by atoms with Crippen molar-refractivity contribution in [1.82, 2.24) is 4.90 Å². The van der Waals surface area contributed by atoms with Crippen molar-refractivity contribution < 1.29 is 4.74 Å². The average Bonchev–Trinajstić information content (AvgIpc) is 2.41. The van der Waals surface area contributed by atoms with Gasteiger partial charge >= 0.3 is 0 Å². The number of nitrogens with zero attached hydrogens (tertiary/aromatic N) is 1. The monoisotopic (exact) mass is 268 g/mol. The fraction of sp³-hybridized carbons (Fsp3) is 0.571. The minimum Gasteiger partial charge on any atom is -0.379 e. The van der Waals surface area contributed by atoms with Gasteiger partial charge < -0.3 is 10.5 Å². The summed E-state index contributed by atoms with van der Waals surface area (Å²) < 4.78 is 5.40. The van der Waals surface area contributed by atoms with Crippen LogP contribution in [0.15, 0.2) is 24.3 Å². The molecule has 0 radical (unpaired) electrons. The summed E-state index contributed by atoms with van der Waals surface area (Å²) in [6.07, 6.45) is 0. The molecule has 2 atom stereocenters. The van der Waals surface area contributed by atoms with E-state index in [9.17, 15) is 0 Å². The van der Waals surface area contributed by atoms with Gasteiger partial charge in [0.15, 0.2) is 0 Å². The molecule has 0 amide bonds. The Labute approximate surface area is 114 Å². The van der Waals surface area contributed by atoms with Gasteiger partial charge in [-0.3, -0.25) is 4.90 Å². The first-order chi connectivity index (χ1) is 8.72. The van der Waals surface area contributed by atoms with Crippen molar-refractivity contribution in [2.24, 2.45) is 5.73 Å². The average molecular weight is 269 g/mol. The maximum absolute atomic E-state index is 5.96. The molecule has 0 aliphatic carbocycles. The van der Waals surface area contributed by atoms with Gasteiger partial charge in [-0.05, 0) is 23.6 Å². The fourth-order valence-corrected chi connectivity index (χ4v) is 2.69. The van der Waals surface area contributed by atoms with Gasteiger partial charge in [-0.2, -0.15) is 0 Å². The van der Waals surface area contributed by atoms with Crippen LogP contribution in [-0.2, 0) is 4.74 Å². The van der Waals surface area contributed by atoms with Crippen molar-refractivity contribution in [3.05, 3.63) is 34.9 Å². The van der Waals surface area contributed by atoms with Crippen LogP contribution in [0, 0.1) is 0 Å². The Morgan fingerprint density at radius 3 is 2.44 bits per heavy atom. The Balaban J connectivity index is 2.08. The van der Waals surface area contributed by atoms with E-state index in [2.05, 4.69) is 24.0 Å². The smallest absolute Gasteiger partial charge is 0.0594 e. The van der Waals surface area contributed by atoms with E-state index in [4.69, 9.17) is 22.1 Å². The van der Waals surface area contributed by atoms with Crippen molar-refractivity contribution in [3.63, 3.8) is 0 Å². The van der Waals surface area contributed by atoms with E-state index in [-0.39, 0.29) is 0 Å². The number of ether oxygens (including phenoxy) is 1. The quantitative estimate of drug-likeness (QED) is 0.909. The van der Waals surface area contributed by atoms with Crippen molar-refractivity contribution in [1.29, 1.82) is 0 Å². The lowest BCUT2D eigenvalue weighted by Crippen LogP contribution is -2.49. The molecule has 18 heavy (non-hydrogen) atoms. The van der Waals surface area contributed by atoms with Crippen LogP contribution in [0.3, 0.4) is 0 Å². The van der Waals surface area contributed by atoms with Gasteiger partial charge in [0.1, 0.15) is 0 Å². The molecule has 0 aromatic heterocycles. The van der Waals surface area contributed by atoms with E-state index in [0.29, 0.717) is 18.5 Å². The molecule has 0 bridgehead atoms. The maximum atomic E-state index is 5.96. The molecule has 2 rings (SSSR count). The third-order valence-corrected chi connectivity index (χ3v) is 3.98. The normalized spacial score (nSPS) is 20.6. The molecule has 0 saturated carbocycles. The molecule has 100 valence electrons. The highest BCUT2D eigenvalue weighted by Crippen LogP contribution is 2.24. The zero-order valence-electron chi connectivity index (χ0n) is 10.8. The summed E-state index contributed by atoms with van der Waals surface area (Å²) in [6, 6.07) is 8.45. The lowest BCUT2D eigenvalue weighted by atomic mass is 9.92. The maximum Gasteiger partial charge on any atom is 0.0594 e. The third-order valence-electron chi connectivity index (χ3n) is 3.73. The summed E-state index contributed by atoms with van der Waals surface area (Å²) in [6.45, 7) is 6.47. The first-order valence-corrected chi connectivity index (χ1v) is 6.87. The summed E-state index contributed by atoms with van der Waals surface area (Å²) in [5, 5.41) is 0.779. The molecule has 2 unspecified atom stereocenters. The third kappa shape index (κ3) is 3.23. The zero-order valence-corrected chi connectivity index (χ0v) is 11.6. The van der Waals surface area contributed by atoms with Crippen LogP contribution >= 0.6 is 11.6 Å². The van der Waals surface area contributed by atoms with E-state index in [0.717, 1.165) is 31.3 Å². The zero-order chi connectivity index (χ0) is 13.0. The van der Waals surface area contributed by atoms with Crippen LogP contribution in [-0.4, -0.2) is 43.8 Å². The molecule has 3 nitrogen and oxygen atoms in total. The lowest BCUT2D eigenvalue weighted by molar-refractivity contribution is 0.0137. The highest BCUT2D eigenvalue weighted by atomic mass is 35.5. The topological polar surface area (TPSA) is 38.5 Å². The van der Waals surface area contributed by atoms with Crippen LogP contribution in [0.4, 0.5) is 0 Å². The second-order valence-corrected chi connectivity index (χ2v) is 5.23. The van der Waals surface area contributed by atoms with Gasteiger partial charge in [0.05, 0.1) is 13.2 Å². The molecule has 1 heterocycles. The summed E-state index contributed by atoms with van der Waals surface area (Å²) in [5.41, 5.74) is 7.26. The van der Waals surface area contributed by atoms with Crippen molar-refractivity contribution >= 4 is 11.6 Å². The van der Waals surface area contributed by atoms with Crippen LogP contribution in [0.5, 0.6) is 0 Å². The molecule has 0 spiro atoms. The minimum absolute atomic E-state index is 0.370. The Morgan fingerprint density at radius 1 is 1.28 bits per heavy atom. The fourth-order valence-electron chi connectivity index (χ4n) is 2.57. The van der Waals surface area contributed by atoms with E-state index in [1.165, 1.54) is 5.56 Å². The molecule has 1 aliphatic rings. The van der Waals surface area contributed by atoms with Crippen molar-refractivity contribution in [2.45, 2.75) is 18.9 Å². The number of hydrogen-bond acceptors (Lipinski definition) is 3. The van der Waals surface area contributed by atoms with Gasteiger partial charge in [-0.1, -0.05) is 30.7 Å². The van der Waals surface area contributed by atoms with Crippen LogP contribution < -0.4 is 5.73 Å². The Morgan fingerprint density at radius 2 is 1.89 bits per heavy atom. The molecular weight excluding hydrogens is 248 g/mol. The highest BCUT2D eigenvalue weighted by molar-refractivity contribution is 6.30. The molecule has 1 aromatic rings. The van der Waals surface area contributed by atoms with E-state index in [1.807, 2.05) is 12.1 Å². The molecule has 1 aromatic carbocycles. The Kier molecular flexibility index (Phi) is 5.01. The van der Waals surface area contributed by atoms with Gasteiger partial charge in [-0.25, -0.2) is 0 Å². The largest absolute Gasteiger partial charge is 0.379 e. The summed E-state index contributed by atoms with van der Waals surface area (Å²) in [5.74, 6) is 0.408. The Bertz CT molecular complexity index is 363. The molecule has 4 heteroatoms. The molecule has 1 fully saturated rings. The van der Waals surface area contributed by atoms with Crippen molar-refractivity contribution in [3.8, 4) is 0 Å². The standard InChI is InChI=1S/C14H21ClN2O/c1-11(12-2-4-13(15)5-3-12)14(10-16)17-6-8-18-9-7-17/h2-5,11,14H,6-10,16H2,1H3. The number of nitrogens with two attached hydrogens (primary N) is 1. The molecule has 1 aliphatic heterocycles. The summed E-state index contributed by atoms with van der Waals surface area (Å²) in [7, 11) is 0. The van der Waals surface area contributed by atoms with Gasteiger partial charge in [0, 0.05) is 30.7 Å². The number of halogens is 1. The lowest BCUT2D eigenvalue weighted by Gasteiger charge is -2.37. The van der Waals surface area contributed by atoms with Crippen LogP contribution in [0.25, 0.3) is 0 Å². The first kappa shape index (κ1) is 13.8. The summed E-state index contributed by atoms with van der Waals surface area (Å²) >= 11 is 5.93. The highest BCUT2D eigenvalue weighted by Gasteiger charge is 2.25. The number of hydrogen-bond donors (Lipinski definition) is 1. The molecular formula is C14H21ClN2O. The second kappa shape index (κ2) is 6.53. The second-order valence-electron chi connectivity index (χ2n) is 4.79. The molecule has 2 N–H and O–H groups in total. The van der Waals surface area contributed by atoms with Crippen molar-refractivity contribution in [2.75, 3.05) is 32.8 Å². The molecule has 1 saturated heterocycles. The SMILES string of the molecule is CC(c1ccc(Cl)cc1)C(CN)N1CCOCC1. The number of rotatable bonds is 4. The van der Waals surface area contributed by atoms with E-state index >= 15 is 0 Å². The van der Waals surface area contributed by atoms with Crippen LogP contribution in [0.1, 0.15) is 18.4 Å². The number of morpholine rings is 1. The van der Waals surface area contributed by atoms with Gasteiger partial charge in [0.25, 0.3) is 0 Å². The minimum atomic E-state index is 0.370. The first-order valence-electron chi connectivity index (χ1n) is 6.49. The van der Waals surface area contributed by atoms with Gasteiger partial charge in [-0.15, -0.1) is 0 Å². The van der Waals surface area contributed by atoms with E-state index < -0.39 is 0 Å². The summed E-state index contributed by atoms with van der Waals surface area (Å²) in [4.78, 5) is 2.43. The van der Waals surface area contributed by atoms with Crippen LogP contribution in [0.2, 0.25) is 5.02 Å². The van der Waals surface area contributed by atoms with E-state index in [1.54, 1.807) is 0 Å². The predicted molar refractivity (Wildman–Crippen MR) is 75.1 cm³/mol.